The van der Waals surface area contributed by atoms with Crippen LogP contribution in [0, 0.1) is 0 Å². The van der Waals surface area contributed by atoms with Crippen molar-refractivity contribution in [1.29, 1.82) is 0 Å². The number of nitrogens with one attached hydrogen (secondary N) is 2. The topological polar surface area (TPSA) is 65.9 Å². The molecule has 0 aliphatic carbocycles. The molecule has 3 N–H and O–H groups in total. The van der Waals surface area contributed by atoms with E-state index in [1.165, 1.54) is 7.11 Å². The van der Waals surface area contributed by atoms with Gasteiger partial charge in [0.2, 0.25) is 0 Å². The number of nitrogens with zero attached hydrogens (tertiary/aromatic N) is 1. The molecule has 5 nitrogen and oxygen atoms in total. The molecule has 1 aromatic carbocycles. The molecule has 0 fully saturated rings. The molecule has 1 rings (SSSR count). The van der Waals surface area contributed by atoms with Crippen molar-refractivity contribution in [3.63, 3.8) is 0 Å². The van der Waals surface area contributed by atoms with Crippen molar-refractivity contribution in [2.75, 3.05) is 20.2 Å². The van der Waals surface area contributed by atoms with E-state index in [0.29, 0.717) is 18.8 Å². The van der Waals surface area contributed by atoms with Crippen LogP contribution in [0.1, 0.15) is 12.5 Å². The predicted octanol–water partition coefficient (Wildman–Crippen LogP) is 2.26. The van der Waals surface area contributed by atoms with Crippen molar-refractivity contribution in [2.45, 2.75) is 13.5 Å². The van der Waals surface area contributed by atoms with Gasteiger partial charge in [-0.3, -0.25) is 0 Å². The maximum atomic E-state index is 9.68. The molecule has 20 heavy (non-hydrogen) atoms. The van der Waals surface area contributed by atoms with Gasteiger partial charge in [0.05, 0.1) is 13.7 Å². The number of aromatic hydroxyl groups is 1. The van der Waals surface area contributed by atoms with E-state index in [4.69, 9.17) is 4.74 Å². The minimum atomic E-state index is 0. The van der Waals surface area contributed by atoms with Crippen molar-refractivity contribution >= 4 is 29.9 Å². The third-order valence-electron chi connectivity index (χ3n) is 2.42. The highest BCUT2D eigenvalue weighted by Crippen LogP contribution is 2.26. The second-order valence-electron chi connectivity index (χ2n) is 3.87. The molecule has 0 heterocycles. The molecule has 0 amide bonds. The Morgan fingerprint density at radius 3 is 2.75 bits per heavy atom. The number of phenolic OH excluding ortho intramolecular Hbond substituents is 1. The van der Waals surface area contributed by atoms with E-state index in [1.54, 1.807) is 18.2 Å². The second-order valence-corrected chi connectivity index (χ2v) is 3.87. The molecule has 0 aliphatic rings. The molecule has 0 unspecified atom stereocenters. The maximum Gasteiger partial charge on any atom is 0.191 e. The minimum absolute atomic E-state index is 0. The van der Waals surface area contributed by atoms with E-state index in [2.05, 4.69) is 22.2 Å². The fourth-order valence-corrected chi connectivity index (χ4v) is 1.51. The lowest BCUT2D eigenvalue weighted by Crippen LogP contribution is -2.37. The SMILES string of the molecule is C=CCNC(=NCc1ccc(OC)c(O)c1)NCC.I. The molecule has 0 aliphatic heterocycles. The number of guanidine groups is 1. The normalized spacial score (nSPS) is 10.4. The van der Waals surface area contributed by atoms with Gasteiger partial charge in [-0.1, -0.05) is 12.1 Å². The average molecular weight is 391 g/mol. The fourth-order valence-electron chi connectivity index (χ4n) is 1.51. The van der Waals surface area contributed by atoms with Crippen LogP contribution < -0.4 is 15.4 Å². The molecule has 0 spiro atoms. The third-order valence-corrected chi connectivity index (χ3v) is 2.42. The summed E-state index contributed by atoms with van der Waals surface area (Å²) in [5, 5.41) is 15.9. The van der Waals surface area contributed by atoms with Crippen LogP contribution in [0.5, 0.6) is 11.5 Å². The number of rotatable bonds is 6. The molecule has 0 radical (unpaired) electrons. The molecule has 112 valence electrons. The lowest BCUT2D eigenvalue weighted by Gasteiger charge is -2.10. The number of phenols is 1. The van der Waals surface area contributed by atoms with Gasteiger partial charge in [0, 0.05) is 13.1 Å². The van der Waals surface area contributed by atoms with Crippen LogP contribution >= 0.6 is 24.0 Å². The van der Waals surface area contributed by atoms with Gasteiger partial charge >= 0.3 is 0 Å². The van der Waals surface area contributed by atoms with Crippen LogP contribution in [0.2, 0.25) is 0 Å². The summed E-state index contributed by atoms with van der Waals surface area (Å²) in [7, 11) is 1.52. The lowest BCUT2D eigenvalue weighted by molar-refractivity contribution is 0.373. The second kappa shape index (κ2) is 10.4. The molecule has 0 aromatic heterocycles. The fraction of sp³-hybridized carbons (Fsp3) is 0.357. The van der Waals surface area contributed by atoms with Crippen molar-refractivity contribution < 1.29 is 9.84 Å². The van der Waals surface area contributed by atoms with E-state index in [-0.39, 0.29) is 29.7 Å². The lowest BCUT2D eigenvalue weighted by atomic mass is 10.2. The van der Waals surface area contributed by atoms with E-state index in [1.807, 2.05) is 13.0 Å². The Hall–Kier alpha value is -1.44. The van der Waals surface area contributed by atoms with Crippen molar-refractivity contribution in [1.82, 2.24) is 10.6 Å². The summed E-state index contributed by atoms with van der Waals surface area (Å²) in [6.45, 7) is 7.57. The molecular weight excluding hydrogens is 369 g/mol. The van der Waals surface area contributed by atoms with Gasteiger partial charge in [0.15, 0.2) is 17.5 Å². The van der Waals surface area contributed by atoms with E-state index < -0.39 is 0 Å². The predicted molar refractivity (Wildman–Crippen MR) is 93.1 cm³/mol. The smallest absolute Gasteiger partial charge is 0.191 e. The first-order chi connectivity index (χ1) is 9.21. The van der Waals surface area contributed by atoms with E-state index >= 15 is 0 Å². The highest BCUT2D eigenvalue weighted by Gasteiger charge is 2.02. The zero-order valence-corrected chi connectivity index (χ0v) is 14.2. The van der Waals surface area contributed by atoms with Gasteiger partial charge in [0.25, 0.3) is 0 Å². The Morgan fingerprint density at radius 2 is 2.20 bits per heavy atom. The first-order valence-electron chi connectivity index (χ1n) is 6.20. The standard InChI is InChI=1S/C14H21N3O2.HI/c1-4-8-16-14(15-5-2)17-10-11-6-7-13(19-3)12(18)9-11;/h4,6-7,9,18H,1,5,8,10H2,2-3H3,(H2,15,16,17);1H. The summed E-state index contributed by atoms with van der Waals surface area (Å²) in [6.07, 6.45) is 1.77. The number of hydrogen-bond donors (Lipinski definition) is 3. The number of benzene rings is 1. The zero-order chi connectivity index (χ0) is 14.1. The number of aliphatic imine (C=N–C) groups is 1. The molecule has 0 atom stereocenters. The van der Waals surface area contributed by atoms with Gasteiger partial charge < -0.3 is 20.5 Å². The van der Waals surface area contributed by atoms with Crippen molar-refractivity contribution in [3.05, 3.63) is 36.4 Å². The zero-order valence-electron chi connectivity index (χ0n) is 11.8. The van der Waals surface area contributed by atoms with Crippen LogP contribution in [0.25, 0.3) is 0 Å². The number of methoxy groups -OCH3 is 1. The first kappa shape index (κ1) is 18.6. The van der Waals surface area contributed by atoms with E-state index in [9.17, 15) is 5.11 Å². The Morgan fingerprint density at radius 1 is 1.45 bits per heavy atom. The highest BCUT2D eigenvalue weighted by molar-refractivity contribution is 14.0. The molecule has 1 aromatic rings. The third kappa shape index (κ3) is 6.14. The van der Waals surface area contributed by atoms with Gasteiger partial charge in [0.1, 0.15) is 0 Å². The quantitative estimate of drug-likeness (QED) is 0.301. The Bertz CT molecular complexity index is 450. The summed E-state index contributed by atoms with van der Waals surface area (Å²) in [6, 6.07) is 5.25. The summed E-state index contributed by atoms with van der Waals surface area (Å²) in [5.41, 5.74) is 0.911. The first-order valence-corrected chi connectivity index (χ1v) is 6.20. The molecule has 0 saturated heterocycles. The van der Waals surface area contributed by atoms with Gasteiger partial charge in [-0.05, 0) is 24.6 Å². The Kier molecular flexibility index (Phi) is 9.61. The summed E-state index contributed by atoms with van der Waals surface area (Å²) in [5.74, 6) is 1.31. The van der Waals surface area contributed by atoms with Gasteiger partial charge in [-0.25, -0.2) is 4.99 Å². The summed E-state index contributed by atoms with van der Waals surface area (Å²) < 4.78 is 5.00. The van der Waals surface area contributed by atoms with Crippen LogP contribution in [-0.4, -0.2) is 31.3 Å². The molecule has 0 bridgehead atoms. The monoisotopic (exact) mass is 391 g/mol. The Labute approximate surface area is 137 Å². The number of ether oxygens (including phenoxy) is 1. The largest absolute Gasteiger partial charge is 0.504 e. The van der Waals surface area contributed by atoms with Crippen LogP contribution in [-0.2, 0) is 6.54 Å². The molecule has 6 heteroatoms. The van der Waals surface area contributed by atoms with E-state index in [0.717, 1.165) is 18.1 Å². The van der Waals surface area contributed by atoms with Gasteiger partial charge in [-0.2, -0.15) is 0 Å². The summed E-state index contributed by atoms with van der Waals surface area (Å²) >= 11 is 0. The van der Waals surface area contributed by atoms with Crippen LogP contribution in [0.3, 0.4) is 0 Å². The molecule has 0 saturated carbocycles. The maximum absolute atomic E-state index is 9.68. The minimum Gasteiger partial charge on any atom is -0.504 e. The number of hydrogen-bond acceptors (Lipinski definition) is 3. The average Bonchev–Trinajstić information content (AvgIpc) is 2.42. The Balaban J connectivity index is 0.00000361. The van der Waals surface area contributed by atoms with Gasteiger partial charge in [-0.15, -0.1) is 30.6 Å². The summed E-state index contributed by atoms with van der Waals surface area (Å²) in [4.78, 5) is 4.41. The van der Waals surface area contributed by atoms with Crippen molar-refractivity contribution in [3.8, 4) is 11.5 Å². The van der Waals surface area contributed by atoms with Crippen molar-refractivity contribution in [2.24, 2.45) is 4.99 Å². The van der Waals surface area contributed by atoms with Crippen LogP contribution in [0.15, 0.2) is 35.8 Å². The number of halogens is 1. The van der Waals surface area contributed by atoms with Crippen LogP contribution in [0.4, 0.5) is 0 Å². The molecular formula is C14H22IN3O2. The highest BCUT2D eigenvalue weighted by atomic mass is 127.